The number of rotatable bonds is 2. The monoisotopic (exact) mass is 291 g/mol. The Balaban J connectivity index is 1.50. The van der Waals surface area contributed by atoms with Crippen molar-refractivity contribution in [3.05, 3.63) is 71.8 Å². The van der Waals surface area contributed by atoms with Gasteiger partial charge in [-0.15, -0.1) is 0 Å². The molecular weight excluding hydrogens is 270 g/mol. The molecule has 22 heavy (non-hydrogen) atoms. The van der Waals surface area contributed by atoms with Crippen LogP contribution in [0.15, 0.2) is 66.2 Å². The van der Waals surface area contributed by atoms with Crippen molar-refractivity contribution in [1.29, 1.82) is 0 Å². The van der Waals surface area contributed by atoms with Crippen LogP contribution in [-0.2, 0) is 0 Å². The number of phenolic OH excluding ortho intramolecular Hbond substituents is 1. The summed E-state index contributed by atoms with van der Waals surface area (Å²) in [6.07, 6.45) is 4.88. The fourth-order valence-electron chi connectivity index (χ4n) is 3.85. The third kappa shape index (κ3) is 2.50. The van der Waals surface area contributed by atoms with Crippen LogP contribution in [0.5, 0.6) is 5.75 Å². The van der Waals surface area contributed by atoms with Gasteiger partial charge in [-0.1, -0.05) is 42.0 Å². The summed E-state index contributed by atoms with van der Waals surface area (Å²) in [4.78, 5) is 2.43. The molecule has 0 bridgehead atoms. The Morgan fingerprint density at radius 2 is 1.68 bits per heavy atom. The number of fused-ring (bicyclic) bond motifs is 1. The summed E-state index contributed by atoms with van der Waals surface area (Å²) in [5, 5.41) is 9.44. The minimum Gasteiger partial charge on any atom is -0.508 e. The lowest BCUT2D eigenvalue weighted by molar-refractivity contribution is 0.475. The fraction of sp³-hybridized carbons (Fsp3) is 0.300. The number of hydrogen-bond donors (Lipinski definition) is 1. The first-order chi connectivity index (χ1) is 10.8. The first-order valence-corrected chi connectivity index (χ1v) is 8.07. The third-order valence-corrected chi connectivity index (χ3v) is 5.06. The summed E-state index contributed by atoms with van der Waals surface area (Å²) in [5.74, 6) is 1.67. The fourth-order valence-corrected chi connectivity index (χ4v) is 3.85. The molecular formula is C20H21NO. The molecule has 4 rings (SSSR count). The third-order valence-electron chi connectivity index (χ3n) is 5.06. The molecule has 2 atom stereocenters. The van der Waals surface area contributed by atoms with Gasteiger partial charge in [0.25, 0.3) is 0 Å². The van der Waals surface area contributed by atoms with E-state index in [0.717, 1.165) is 13.1 Å². The molecule has 1 N–H and O–H groups in total. The number of phenols is 1. The number of anilines is 1. The standard InChI is InChI=1S/C20H21NO/c22-20-10-8-19(9-11-20)21-13-17-7-6-16(12-18(17)14-21)15-4-2-1-3-5-15/h1-5,7-11,16,18,22H,6,12-14H2. The van der Waals surface area contributed by atoms with Gasteiger partial charge in [0, 0.05) is 18.8 Å². The van der Waals surface area contributed by atoms with E-state index in [4.69, 9.17) is 0 Å². The SMILES string of the molecule is Oc1ccc(N2CC3=CCC(c4ccccc4)CC3C2)cc1. The van der Waals surface area contributed by atoms with Crippen molar-refractivity contribution < 1.29 is 5.11 Å². The van der Waals surface area contributed by atoms with Crippen LogP contribution >= 0.6 is 0 Å². The number of allylic oxidation sites excluding steroid dienone is 1. The second-order valence-corrected chi connectivity index (χ2v) is 6.45. The average molecular weight is 291 g/mol. The lowest BCUT2D eigenvalue weighted by Gasteiger charge is -2.25. The zero-order chi connectivity index (χ0) is 14.9. The van der Waals surface area contributed by atoms with Crippen LogP contribution in [0.25, 0.3) is 0 Å². The van der Waals surface area contributed by atoms with Gasteiger partial charge in [0.1, 0.15) is 5.75 Å². The maximum absolute atomic E-state index is 9.44. The molecule has 1 aliphatic carbocycles. The quantitative estimate of drug-likeness (QED) is 0.832. The molecule has 2 nitrogen and oxygen atoms in total. The first kappa shape index (κ1) is 13.4. The van der Waals surface area contributed by atoms with Crippen molar-refractivity contribution >= 4 is 5.69 Å². The Kier molecular flexibility index (Phi) is 3.38. The molecule has 2 heteroatoms. The number of benzene rings is 2. The minimum atomic E-state index is 0.337. The Labute approximate surface area is 131 Å². The molecule has 0 amide bonds. The van der Waals surface area contributed by atoms with Crippen molar-refractivity contribution in [3.8, 4) is 5.75 Å². The van der Waals surface area contributed by atoms with Crippen LogP contribution in [0.2, 0.25) is 0 Å². The largest absolute Gasteiger partial charge is 0.508 e. The molecule has 1 aliphatic heterocycles. The topological polar surface area (TPSA) is 23.5 Å². The molecule has 1 saturated heterocycles. The van der Waals surface area contributed by atoms with Gasteiger partial charge in [-0.05, 0) is 54.5 Å². The highest BCUT2D eigenvalue weighted by Crippen LogP contribution is 2.40. The van der Waals surface area contributed by atoms with Gasteiger partial charge < -0.3 is 10.0 Å². The summed E-state index contributed by atoms with van der Waals surface area (Å²) < 4.78 is 0. The van der Waals surface area contributed by atoms with E-state index in [-0.39, 0.29) is 0 Å². The predicted molar refractivity (Wildman–Crippen MR) is 90.3 cm³/mol. The summed E-state index contributed by atoms with van der Waals surface area (Å²) in [6, 6.07) is 18.5. The van der Waals surface area contributed by atoms with Gasteiger partial charge >= 0.3 is 0 Å². The zero-order valence-corrected chi connectivity index (χ0v) is 12.7. The van der Waals surface area contributed by atoms with Crippen molar-refractivity contribution in [3.63, 3.8) is 0 Å². The highest BCUT2D eigenvalue weighted by Gasteiger charge is 2.32. The Bertz CT molecular complexity index is 675. The summed E-state index contributed by atoms with van der Waals surface area (Å²) in [7, 11) is 0. The van der Waals surface area contributed by atoms with Crippen molar-refractivity contribution in [1.82, 2.24) is 0 Å². The molecule has 2 aliphatic rings. The molecule has 0 saturated carbocycles. The smallest absolute Gasteiger partial charge is 0.115 e. The number of hydrogen-bond acceptors (Lipinski definition) is 2. The van der Waals surface area contributed by atoms with Gasteiger partial charge in [-0.2, -0.15) is 0 Å². The normalized spacial score (nSPS) is 24.0. The Morgan fingerprint density at radius 1 is 0.909 bits per heavy atom. The van der Waals surface area contributed by atoms with Crippen molar-refractivity contribution in [2.75, 3.05) is 18.0 Å². The van der Waals surface area contributed by atoms with E-state index in [1.807, 2.05) is 12.1 Å². The average Bonchev–Trinajstić information content (AvgIpc) is 2.99. The van der Waals surface area contributed by atoms with Gasteiger partial charge in [0.2, 0.25) is 0 Å². The summed E-state index contributed by atoms with van der Waals surface area (Å²) >= 11 is 0. The molecule has 2 aromatic carbocycles. The number of nitrogens with zero attached hydrogens (tertiary/aromatic N) is 1. The number of aromatic hydroxyl groups is 1. The van der Waals surface area contributed by atoms with E-state index in [1.54, 1.807) is 17.7 Å². The molecule has 2 aromatic rings. The molecule has 0 aromatic heterocycles. The lowest BCUT2D eigenvalue weighted by atomic mass is 9.79. The van der Waals surface area contributed by atoms with Crippen LogP contribution in [0.1, 0.15) is 24.3 Å². The van der Waals surface area contributed by atoms with E-state index in [9.17, 15) is 5.11 Å². The minimum absolute atomic E-state index is 0.337. The van der Waals surface area contributed by atoms with Crippen molar-refractivity contribution in [2.24, 2.45) is 5.92 Å². The molecule has 1 fully saturated rings. The van der Waals surface area contributed by atoms with Crippen molar-refractivity contribution in [2.45, 2.75) is 18.8 Å². The van der Waals surface area contributed by atoms with Crippen LogP contribution in [0, 0.1) is 5.92 Å². The van der Waals surface area contributed by atoms with E-state index in [2.05, 4.69) is 41.3 Å². The van der Waals surface area contributed by atoms with Gasteiger partial charge in [-0.3, -0.25) is 0 Å². The van der Waals surface area contributed by atoms with E-state index in [1.165, 1.54) is 24.1 Å². The highest BCUT2D eigenvalue weighted by atomic mass is 16.3. The second-order valence-electron chi connectivity index (χ2n) is 6.45. The van der Waals surface area contributed by atoms with E-state index >= 15 is 0 Å². The Morgan fingerprint density at radius 3 is 2.45 bits per heavy atom. The van der Waals surface area contributed by atoms with E-state index in [0.29, 0.717) is 17.6 Å². The molecule has 112 valence electrons. The van der Waals surface area contributed by atoms with Crippen LogP contribution in [0.3, 0.4) is 0 Å². The highest BCUT2D eigenvalue weighted by molar-refractivity contribution is 5.52. The zero-order valence-electron chi connectivity index (χ0n) is 12.7. The van der Waals surface area contributed by atoms with Gasteiger partial charge in [0.15, 0.2) is 0 Å². The molecule has 0 spiro atoms. The lowest BCUT2D eigenvalue weighted by Crippen LogP contribution is -2.20. The van der Waals surface area contributed by atoms with Gasteiger partial charge in [0.05, 0.1) is 0 Å². The maximum atomic E-state index is 9.44. The summed E-state index contributed by atoms with van der Waals surface area (Å²) in [5.41, 5.74) is 4.28. The van der Waals surface area contributed by atoms with Gasteiger partial charge in [-0.25, -0.2) is 0 Å². The van der Waals surface area contributed by atoms with Crippen LogP contribution in [0.4, 0.5) is 5.69 Å². The van der Waals surface area contributed by atoms with E-state index < -0.39 is 0 Å². The maximum Gasteiger partial charge on any atom is 0.115 e. The Hall–Kier alpha value is -2.22. The molecule has 1 heterocycles. The molecule has 0 radical (unpaired) electrons. The molecule has 2 unspecified atom stereocenters. The second kappa shape index (κ2) is 5.53. The van der Waals surface area contributed by atoms with Crippen LogP contribution < -0.4 is 4.90 Å². The van der Waals surface area contributed by atoms with Crippen LogP contribution in [-0.4, -0.2) is 18.2 Å². The first-order valence-electron chi connectivity index (χ1n) is 8.07. The predicted octanol–water partition coefficient (Wildman–Crippen LogP) is 4.33. The summed E-state index contributed by atoms with van der Waals surface area (Å²) in [6.45, 7) is 2.14.